The molecule has 18 heavy (non-hydrogen) atoms. The van der Waals surface area contributed by atoms with Crippen LogP contribution in [-0.4, -0.2) is 0 Å². The van der Waals surface area contributed by atoms with E-state index in [-0.39, 0.29) is 11.9 Å². The Labute approximate surface area is 122 Å². The van der Waals surface area contributed by atoms with E-state index in [2.05, 4.69) is 21.4 Å². The molecule has 1 aromatic heterocycles. The van der Waals surface area contributed by atoms with Crippen molar-refractivity contribution in [3.63, 3.8) is 0 Å². The van der Waals surface area contributed by atoms with Crippen molar-refractivity contribution in [1.82, 2.24) is 5.43 Å². The second kappa shape index (κ2) is 6.12. The van der Waals surface area contributed by atoms with Gasteiger partial charge in [0.05, 0.1) is 6.04 Å². The van der Waals surface area contributed by atoms with Gasteiger partial charge < -0.3 is 0 Å². The van der Waals surface area contributed by atoms with Crippen molar-refractivity contribution in [2.45, 2.75) is 12.5 Å². The highest BCUT2D eigenvalue weighted by Gasteiger charge is 2.15. The molecule has 0 bridgehead atoms. The molecular weight excluding hydrogens is 339 g/mol. The number of benzene rings is 1. The standard InChI is InChI=1S/C12H11BrClFN2S/c13-8-5-12(18-6-8)11(17-16)4-7-3-9(14)1-2-10(7)15/h1-3,5-6,11,17H,4,16H2. The minimum Gasteiger partial charge on any atom is -0.271 e. The summed E-state index contributed by atoms with van der Waals surface area (Å²) < 4.78 is 14.6. The molecule has 0 aliphatic rings. The van der Waals surface area contributed by atoms with Crippen molar-refractivity contribution < 1.29 is 4.39 Å². The van der Waals surface area contributed by atoms with Crippen LogP contribution >= 0.6 is 38.9 Å². The normalized spacial score (nSPS) is 12.7. The summed E-state index contributed by atoms with van der Waals surface area (Å²) in [5.41, 5.74) is 3.26. The SMILES string of the molecule is NNC(Cc1cc(Cl)ccc1F)c1cc(Br)cs1. The Hall–Kier alpha value is -0.460. The van der Waals surface area contributed by atoms with E-state index in [1.165, 1.54) is 12.1 Å². The Morgan fingerprint density at radius 1 is 1.44 bits per heavy atom. The molecule has 2 nitrogen and oxygen atoms in total. The molecule has 96 valence electrons. The molecule has 1 unspecified atom stereocenters. The van der Waals surface area contributed by atoms with Crippen molar-refractivity contribution >= 4 is 38.9 Å². The smallest absolute Gasteiger partial charge is 0.126 e. The lowest BCUT2D eigenvalue weighted by Crippen LogP contribution is -2.29. The van der Waals surface area contributed by atoms with E-state index in [0.717, 1.165) is 9.35 Å². The molecule has 0 fully saturated rings. The number of hydrazine groups is 1. The average molecular weight is 350 g/mol. The zero-order valence-corrected chi connectivity index (χ0v) is 12.4. The van der Waals surface area contributed by atoms with Gasteiger partial charge in [0.25, 0.3) is 0 Å². The van der Waals surface area contributed by atoms with E-state index in [1.54, 1.807) is 17.4 Å². The van der Waals surface area contributed by atoms with Crippen LogP contribution in [0.25, 0.3) is 0 Å². The van der Waals surface area contributed by atoms with Crippen molar-refractivity contribution in [3.8, 4) is 0 Å². The topological polar surface area (TPSA) is 38.0 Å². The lowest BCUT2D eigenvalue weighted by Gasteiger charge is -2.14. The Kier molecular flexibility index (Phi) is 4.75. The fraction of sp³-hybridized carbons (Fsp3) is 0.167. The first-order valence-electron chi connectivity index (χ1n) is 5.24. The molecule has 1 aromatic carbocycles. The summed E-state index contributed by atoms with van der Waals surface area (Å²) in [6.07, 6.45) is 0.454. The van der Waals surface area contributed by atoms with Crippen molar-refractivity contribution in [3.05, 3.63) is 55.4 Å². The van der Waals surface area contributed by atoms with Gasteiger partial charge in [0.1, 0.15) is 5.82 Å². The van der Waals surface area contributed by atoms with Gasteiger partial charge in [0, 0.05) is 19.8 Å². The Bertz CT molecular complexity index is 547. The van der Waals surface area contributed by atoms with E-state index in [4.69, 9.17) is 17.4 Å². The Balaban J connectivity index is 2.22. The molecule has 0 amide bonds. The predicted octanol–water partition coefficient (Wildman–Crippen LogP) is 4.05. The van der Waals surface area contributed by atoms with Gasteiger partial charge in [-0.3, -0.25) is 11.3 Å². The van der Waals surface area contributed by atoms with Gasteiger partial charge in [0.15, 0.2) is 0 Å². The van der Waals surface area contributed by atoms with Gasteiger partial charge in [-0.15, -0.1) is 11.3 Å². The molecule has 0 saturated heterocycles. The highest BCUT2D eigenvalue weighted by molar-refractivity contribution is 9.10. The molecule has 1 atom stereocenters. The van der Waals surface area contributed by atoms with Gasteiger partial charge in [0.2, 0.25) is 0 Å². The van der Waals surface area contributed by atoms with E-state index < -0.39 is 0 Å². The second-order valence-electron chi connectivity index (χ2n) is 3.83. The van der Waals surface area contributed by atoms with Gasteiger partial charge in [-0.2, -0.15) is 0 Å². The maximum absolute atomic E-state index is 13.7. The number of halogens is 3. The molecule has 0 aliphatic heterocycles. The van der Waals surface area contributed by atoms with Crippen LogP contribution in [0.4, 0.5) is 4.39 Å². The van der Waals surface area contributed by atoms with E-state index in [0.29, 0.717) is 17.0 Å². The van der Waals surface area contributed by atoms with Crippen LogP contribution < -0.4 is 11.3 Å². The number of rotatable bonds is 4. The number of hydrogen-bond acceptors (Lipinski definition) is 3. The predicted molar refractivity (Wildman–Crippen MR) is 77.2 cm³/mol. The maximum Gasteiger partial charge on any atom is 0.126 e. The lowest BCUT2D eigenvalue weighted by atomic mass is 10.0. The van der Waals surface area contributed by atoms with Crippen LogP contribution in [0.1, 0.15) is 16.5 Å². The monoisotopic (exact) mass is 348 g/mol. The summed E-state index contributed by atoms with van der Waals surface area (Å²) in [6.45, 7) is 0. The van der Waals surface area contributed by atoms with Gasteiger partial charge >= 0.3 is 0 Å². The third-order valence-corrected chi connectivity index (χ3v) is 4.61. The molecule has 1 heterocycles. The Morgan fingerprint density at radius 3 is 2.83 bits per heavy atom. The minimum absolute atomic E-state index is 0.130. The van der Waals surface area contributed by atoms with Crippen molar-refractivity contribution in [2.24, 2.45) is 5.84 Å². The number of nitrogens with one attached hydrogen (secondary N) is 1. The minimum atomic E-state index is -0.268. The maximum atomic E-state index is 13.7. The van der Waals surface area contributed by atoms with E-state index in [9.17, 15) is 4.39 Å². The van der Waals surface area contributed by atoms with Crippen LogP contribution in [0.5, 0.6) is 0 Å². The number of thiophene rings is 1. The molecule has 3 N–H and O–H groups in total. The fourth-order valence-corrected chi connectivity index (χ4v) is 3.37. The summed E-state index contributed by atoms with van der Waals surface area (Å²) in [4.78, 5) is 1.05. The van der Waals surface area contributed by atoms with Gasteiger partial charge in [-0.25, -0.2) is 4.39 Å². The summed E-state index contributed by atoms with van der Waals surface area (Å²) in [6, 6.07) is 6.37. The van der Waals surface area contributed by atoms with Crippen LogP contribution in [0.2, 0.25) is 5.02 Å². The third kappa shape index (κ3) is 3.30. The van der Waals surface area contributed by atoms with Crippen molar-refractivity contribution in [2.75, 3.05) is 0 Å². The van der Waals surface area contributed by atoms with Crippen LogP contribution in [0, 0.1) is 5.82 Å². The molecule has 2 rings (SSSR count). The van der Waals surface area contributed by atoms with Crippen molar-refractivity contribution in [1.29, 1.82) is 0 Å². The molecular formula is C12H11BrClFN2S. The van der Waals surface area contributed by atoms with E-state index in [1.807, 2.05) is 11.4 Å². The summed E-state index contributed by atoms with van der Waals surface area (Å²) >= 11 is 10.8. The first-order chi connectivity index (χ1) is 8.60. The first kappa shape index (κ1) is 14.0. The van der Waals surface area contributed by atoms with Gasteiger partial charge in [-0.1, -0.05) is 11.6 Å². The van der Waals surface area contributed by atoms with Crippen LogP contribution in [-0.2, 0) is 6.42 Å². The third-order valence-electron chi connectivity index (χ3n) is 2.56. The molecule has 2 aromatic rings. The number of nitrogens with two attached hydrogens (primary N) is 1. The lowest BCUT2D eigenvalue weighted by molar-refractivity contribution is 0.535. The highest BCUT2D eigenvalue weighted by atomic mass is 79.9. The second-order valence-corrected chi connectivity index (χ2v) is 6.12. The molecule has 0 aliphatic carbocycles. The summed E-state index contributed by atoms with van der Waals surface area (Å²) in [5, 5.41) is 2.49. The van der Waals surface area contributed by atoms with Crippen LogP contribution in [0.15, 0.2) is 34.1 Å². The molecule has 6 heteroatoms. The largest absolute Gasteiger partial charge is 0.271 e. The zero-order chi connectivity index (χ0) is 13.1. The highest BCUT2D eigenvalue weighted by Crippen LogP contribution is 2.28. The quantitative estimate of drug-likeness (QED) is 0.645. The first-order valence-corrected chi connectivity index (χ1v) is 7.29. The summed E-state index contributed by atoms with van der Waals surface area (Å²) in [7, 11) is 0. The summed E-state index contributed by atoms with van der Waals surface area (Å²) in [5.74, 6) is 5.27. The zero-order valence-electron chi connectivity index (χ0n) is 9.29. The van der Waals surface area contributed by atoms with Gasteiger partial charge in [-0.05, 0) is 52.2 Å². The number of hydrogen-bond donors (Lipinski definition) is 2. The Morgan fingerprint density at radius 2 is 2.22 bits per heavy atom. The average Bonchev–Trinajstić information content (AvgIpc) is 2.77. The molecule has 0 saturated carbocycles. The molecule has 0 radical (unpaired) electrons. The fourth-order valence-electron chi connectivity index (χ4n) is 1.67. The van der Waals surface area contributed by atoms with E-state index >= 15 is 0 Å². The molecule has 0 spiro atoms. The van der Waals surface area contributed by atoms with Crippen LogP contribution in [0.3, 0.4) is 0 Å².